The average Bonchev–Trinajstić information content (AvgIpc) is 2.77. The SMILES string of the molecule is CCc1ccc(C(N)COCC(=O)OC)s1. The summed E-state index contributed by atoms with van der Waals surface area (Å²) in [4.78, 5) is 13.2. The van der Waals surface area contributed by atoms with Gasteiger partial charge in [0.1, 0.15) is 6.61 Å². The molecule has 1 aromatic rings. The summed E-state index contributed by atoms with van der Waals surface area (Å²) in [6, 6.07) is 3.91. The van der Waals surface area contributed by atoms with Crippen molar-refractivity contribution in [3.8, 4) is 0 Å². The molecule has 5 heteroatoms. The third kappa shape index (κ3) is 3.92. The van der Waals surface area contributed by atoms with Crippen LogP contribution in [-0.2, 0) is 20.7 Å². The molecule has 1 aromatic heterocycles. The Balaban J connectivity index is 2.34. The van der Waals surface area contributed by atoms with Gasteiger partial charge in [0, 0.05) is 9.75 Å². The number of ether oxygens (including phenoxy) is 2. The van der Waals surface area contributed by atoms with E-state index in [1.807, 2.05) is 6.07 Å². The summed E-state index contributed by atoms with van der Waals surface area (Å²) in [6.45, 7) is 2.39. The van der Waals surface area contributed by atoms with Crippen molar-refractivity contribution in [1.82, 2.24) is 0 Å². The maximum absolute atomic E-state index is 10.8. The highest BCUT2D eigenvalue weighted by molar-refractivity contribution is 7.12. The predicted octanol–water partition coefficient (Wildman–Crippen LogP) is 1.50. The van der Waals surface area contributed by atoms with E-state index >= 15 is 0 Å². The van der Waals surface area contributed by atoms with Crippen LogP contribution in [0.2, 0.25) is 0 Å². The van der Waals surface area contributed by atoms with Crippen LogP contribution in [-0.4, -0.2) is 26.3 Å². The maximum Gasteiger partial charge on any atom is 0.331 e. The first kappa shape index (κ1) is 13.2. The monoisotopic (exact) mass is 243 g/mol. The summed E-state index contributed by atoms with van der Waals surface area (Å²) < 4.78 is 9.61. The van der Waals surface area contributed by atoms with Crippen LogP contribution in [0.5, 0.6) is 0 Å². The van der Waals surface area contributed by atoms with Crippen LogP contribution in [0.15, 0.2) is 12.1 Å². The molecule has 2 N–H and O–H groups in total. The second-order valence-electron chi connectivity index (χ2n) is 3.36. The van der Waals surface area contributed by atoms with E-state index in [2.05, 4.69) is 17.7 Å². The topological polar surface area (TPSA) is 61.5 Å². The molecule has 0 saturated carbocycles. The smallest absolute Gasteiger partial charge is 0.331 e. The van der Waals surface area contributed by atoms with E-state index in [1.54, 1.807) is 11.3 Å². The molecule has 0 fully saturated rings. The Hall–Kier alpha value is -0.910. The molecule has 16 heavy (non-hydrogen) atoms. The third-order valence-electron chi connectivity index (χ3n) is 2.14. The highest BCUT2D eigenvalue weighted by atomic mass is 32.1. The van der Waals surface area contributed by atoms with Gasteiger partial charge in [-0.1, -0.05) is 6.92 Å². The minimum absolute atomic E-state index is 0.0454. The molecule has 1 heterocycles. The van der Waals surface area contributed by atoms with E-state index in [1.165, 1.54) is 12.0 Å². The number of nitrogens with two attached hydrogens (primary N) is 1. The summed E-state index contributed by atoms with van der Waals surface area (Å²) >= 11 is 1.68. The van der Waals surface area contributed by atoms with Crippen molar-refractivity contribution in [3.05, 3.63) is 21.9 Å². The van der Waals surface area contributed by atoms with E-state index in [0.717, 1.165) is 11.3 Å². The van der Waals surface area contributed by atoms with E-state index in [0.29, 0.717) is 6.61 Å². The number of hydrogen-bond acceptors (Lipinski definition) is 5. The van der Waals surface area contributed by atoms with Gasteiger partial charge in [0.15, 0.2) is 0 Å². The van der Waals surface area contributed by atoms with Gasteiger partial charge in [-0.15, -0.1) is 11.3 Å². The second-order valence-corrected chi connectivity index (χ2v) is 4.56. The Morgan fingerprint density at radius 3 is 2.88 bits per heavy atom. The van der Waals surface area contributed by atoms with Gasteiger partial charge < -0.3 is 15.2 Å². The number of rotatable bonds is 6. The molecular formula is C11H17NO3S. The summed E-state index contributed by atoms with van der Waals surface area (Å²) in [7, 11) is 1.33. The molecule has 1 unspecified atom stereocenters. The van der Waals surface area contributed by atoms with Crippen LogP contribution < -0.4 is 5.73 Å². The summed E-state index contributed by atoms with van der Waals surface area (Å²) in [5.41, 5.74) is 5.92. The Labute approximate surface area is 99.4 Å². The molecule has 0 aliphatic heterocycles. The Morgan fingerprint density at radius 2 is 2.31 bits per heavy atom. The number of thiophene rings is 1. The minimum atomic E-state index is -0.382. The fourth-order valence-electron chi connectivity index (χ4n) is 1.19. The molecule has 0 saturated heterocycles. The van der Waals surface area contributed by atoms with Crippen LogP contribution in [0.1, 0.15) is 22.7 Å². The predicted molar refractivity (Wildman–Crippen MR) is 63.5 cm³/mol. The highest BCUT2D eigenvalue weighted by Crippen LogP contribution is 2.22. The van der Waals surface area contributed by atoms with Crippen LogP contribution in [0.3, 0.4) is 0 Å². The fraction of sp³-hybridized carbons (Fsp3) is 0.545. The Kier molecular flexibility index (Phi) is 5.45. The Morgan fingerprint density at radius 1 is 1.56 bits per heavy atom. The first-order valence-corrected chi connectivity index (χ1v) is 5.97. The first-order chi connectivity index (χ1) is 7.67. The summed E-state index contributed by atoms with van der Waals surface area (Å²) in [5, 5.41) is 0. The molecule has 1 atom stereocenters. The fourth-order valence-corrected chi connectivity index (χ4v) is 2.13. The molecule has 4 nitrogen and oxygen atoms in total. The molecular weight excluding hydrogens is 226 g/mol. The van der Waals surface area contributed by atoms with Crippen molar-refractivity contribution in [1.29, 1.82) is 0 Å². The number of methoxy groups -OCH3 is 1. The maximum atomic E-state index is 10.8. The van der Waals surface area contributed by atoms with Crippen LogP contribution in [0.25, 0.3) is 0 Å². The van der Waals surface area contributed by atoms with E-state index < -0.39 is 0 Å². The van der Waals surface area contributed by atoms with Gasteiger partial charge >= 0.3 is 5.97 Å². The van der Waals surface area contributed by atoms with Crippen molar-refractivity contribution in [2.75, 3.05) is 20.3 Å². The lowest BCUT2D eigenvalue weighted by Crippen LogP contribution is -2.19. The summed E-state index contributed by atoms with van der Waals surface area (Å²) in [5.74, 6) is -0.382. The molecule has 0 radical (unpaired) electrons. The first-order valence-electron chi connectivity index (χ1n) is 5.16. The molecule has 0 amide bonds. The van der Waals surface area contributed by atoms with Crippen molar-refractivity contribution < 1.29 is 14.3 Å². The highest BCUT2D eigenvalue weighted by Gasteiger charge is 2.10. The molecule has 0 spiro atoms. The van der Waals surface area contributed by atoms with Crippen molar-refractivity contribution in [2.45, 2.75) is 19.4 Å². The third-order valence-corrected chi connectivity index (χ3v) is 3.50. The lowest BCUT2D eigenvalue weighted by atomic mass is 10.2. The van der Waals surface area contributed by atoms with Gasteiger partial charge in [-0.05, 0) is 18.6 Å². The lowest BCUT2D eigenvalue weighted by molar-refractivity contribution is -0.146. The second kappa shape index (κ2) is 6.62. The van der Waals surface area contributed by atoms with Crippen LogP contribution in [0.4, 0.5) is 0 Å². The van der Waals surface area contributed by atoms with Crippen LogP contribution >= 0.6 is 11.3 Å². The number of esters is 1. The molecule has 0 bridgehead atoms. The van der Waals surface area contributed by atoms with Gasteiger partial charge in [0.25, 0.3) is 0 Å². The normalized spacial score (nSPS) is 12.4. The lowest BCUT2D eigenvalue weighted by Gasteiger charge is -2.09. The Bertz CT molecular complexity index is 338. The standard InChI is InChI=1S/C11H17NO3S/c1-3-8-4-5-10(16-8)9(12)6-15-7-11(13)14-2/h4-5,9H,3,6-7,12H2,1-2H3. The number of aryl methyl sites for hydroxylation is 1. The van der Waals surface area contributed by atoms with E-state index in [-0.39, 0.29) is 18.6 Å². The molecule has 90 valence electrons. The number of carbonyl (C=O) groups excluding carboxylic acids is 1. The van der Waals surface area contributed by atoms with Gasteiger partial charge in [-0.25, -0.2) is 4.79 Å². The molecule has 1 rings (SSSR count). The quantitative estimate of drug-likeness (QED) is 0.769. The average molecular weight is 243 g/mol. The van der Waals surface area contributed by atoms with Gasteiger partial charge in [-0.3, -0.25) is 0 Å². The zero-order valence-electron chi connectivity index (χ0n) is 9.56. The van der Waals surface area contributed by atoms with E-state index in [9.17, 15) is 4.79 Å². The zero-order chi connectivity index (χ0) is 12.0. The largest absolute Gasteiger partial charge is 0.467 e. The van der Waals surface area contributed by atoms with Gasteiger partial charge in [-0.2, -0.15) is 0 Å². The van der Waals surface area contributed by atoms with E-state index in [4.69, 9.17) is 10.5 Å². The zero-order valence-corrected chi connectivity index (χ0v) is 10.4. The molecule has 0 aromatic carbocycles. The molecule has 0 aliphatic rings. The van der Waals surface area contributed by atoms with Crippen LogP contribution in [0, 0.1) is 0 Å². The van der Waals surface area contributed by atoms with Crippen molar-refractivity contribution >= 4 is 17.3 Å². The van der Waals surface area contributed by atoms with Gasteiger partial charge in [0.05, 0.1) is 19.8 Å². The molecule has 0 aliphatic carbocycles. The van der Waals surface area contributed by atoms with Crippen molar-refractivity contribution in [2.24, 2.45) is 5.73 Å². The van der Waals surface area contributed by atoms with Crippen molar-refractivity contribution in [3.63, 3.8) is 0 Å². The summed E-state index contributed by atoms with van der Waals surface area (Å²) in [6.07, 6.45) is 1.01. The van der Waals surface area contributed by atoms with Gasteiger partial charge in [0.2, 0.25) is 0 Å². The minimum Gasteiger partial charge on any atom is -0.467 e. The number of carbonyl (C=O) groups is 1. The number of hydrogen-bond donors (Lipinski definition) is 1.